The molecule has 0 saturated heterocycles. The van der Waals surface area contributed by atoms with Crippen LogP contribution < -0.4 is 0 Å². The van der Waals surface area contributed by atoms with Gasteiger partial charge in [0.25, 0.3) is 5.91 Å². The van der Waals surface area contributed by atoms with E-state index in [-0.39, 0.29) is 5.91 Å². The van der Waals surface area contributed by atoms with Crippen molar-refractivity contribution in [3.8, 4) is 10.8 Å². The van der Waals surface area contributed by atoms with Crippen molar-refractivity contribution in [2.45, 2.75) is 33.4 Å². The number of furan rings is 1. The molecule has 1 amide bonds. The predicted octanol–water partition coefficient (Wildman–Crippen LogP) is 2.52. The summed E-state index contributed by atoms with van der Waals surface area (Å²) in [6, 6.07) is 3.67. The Kier molecular flexibility index (Phi) is 3.68. The molecule has 0 aromatic carbocycles. The fourth-order valence-corrected chi connectivity index (χ4v) is 3.78. The van der Waals surface area contributed by atoms with Crippen LogP contribution in [0.1, 0.15) is 33.9 Å². The molecule has 124 valence electrons. The maximum absolute atomic E-state index is 12.9. The van der Waals surface area contributed by atoms with Crippen LogP contribution in [0.15, 0.2) is 22.8 Å². The van der Waals surface area contributed by atoms with Crippen molar-refractivity contribution in [3.05, 3.63) is 40.6 Å². The molecule has 0 aliphatic carbocycles. The van der Waals surface area contributed by atoms with E-state index in [1.165, 1.54) is 11.3 Å². The van der Waals surface area contributed by atoms with Crippen LogP contribution in [0, 0.1) is 6.92 Å². The molecule has 24 heavy (non-hydrogen) atoms. The highest BCUT2D eigenvalue weighted by atomic mass is 32.1. The number of thiazole rings is 1. The summed E-state index contributed by atoms with van der Waals surface area (Å²) >= 11 is 1.47. The molecule has 1 aliphatic rings. The second-order valence-corrected chi connectivity index (χ2v) is 6.87. The average molecular weight is 343 g/mol. The zero-order valence-electron chi connectivity index (χ0n) is 13.5. The summed E-state index contributed by atoms with van der Waals surface area (Å²) in [5, 5.41) is 9.13. The summed E-state index contributed by atoms with van der Waals surface area (Å²) in [5.74, 6) is 2.44. The highest BCUT2D eigenvalue weighted by molar-refractivity contribution is 7.15. The van der Waals surface area contributed by atoms with Gasteiger partial charge in [0.05, 0.1) is 12.8 Å². The second kappa shape index (κ2) is 5.86. The first-order valence-electron chi connectivity index (χ1n) is 7.89. The van der Waals surface area contributed by atoms with E-state index in [1.807, 2.05) is 19.1 Å². The van der Waals surface area contributed by atoms with E-state index >= 15 is 0 Å². The third-order valence-corrected chi connectivity index (χ3v) is 5.15. The lowest BCUT2D eigenvalue weighted by molar-refractivity contribution is 0.0700. The van der Waals surface area contributed by atoms with Gasteiger partial charge in [0, 0.05) is 24.4 Å². The minimum atomic E-state index is -0.0612. The Bertz CT molecular complexity index is 881. The smallest absolute Gasteiger partial charge is 0.274 e. The molecule has 1 aliphatic heterocycles. The molecule has 4 heterocycles. The molecule has 0 spiro atoms. The minimum absolute atomic E-state index is 0.0612. The van der Waals surface area contributed by atoms with Gasteiger partial charge in [-0.15, -0.1) is 21.5 Å². The lowest BCUT2D eigenvalue weighted by Gasteiger charge is -2.27. The lowest BCUT2D eigenvalue weighted by atomic mass is 10.2. The van der Waals surface area contributed by atoms with Crippen molar-refractivity contribution in [2.75, 3.05) is 6.54 Å². The van der Waals surface area contributed by atoms with Gasteiger partial charge < -0.3 is 13.9 Å². The van der Waals surface area contributed by atoms with E-state index in [1.54, 1.807) is 11.2 Å². The van der Waals surface area contributed by atoms with E-state index in [0.29, 0.717) is 24.5 Å². The number of carbonyl (C=O) groups excluding carboxylic acids is 1. The highest BCUT2D eigenvalue weighted by Crippen LogP contribution is 2.29. The van der Waals surface area contributed by atoms with Crippen LogP contribution in [0.3, 0.4) is 0 Å². The van der Waals surface area contributed by atoms with Gasteiger partial charge in [-0.2, -0.15) is 0 Å². The summed E-state index contributed by atoms with van der Waals surface area (Å²) in [5.41, 5.74) is 0.495. The van der Waals surface area contributed by atoms with Gasteiger partial charge in [-0.3, -0.25) is 4.79 Å². The van der Waals surface area contributed by atoms with Crippen LogP contribution in [0.25, 0.3) is 10.8 Å². The van der Waals surface area contributed by atoms with Crippen molar-refractivity contribution in [3.63, 3.8) is 0 Å². The van der Waals surface area contributed by atoms with Crippen molar-refractivity contribution in [2.24, 2.45) is 0 Å². The third-order valence-electron chi connectivity index (χ3n) is 4.16. The Balaban J connectivity index is 1.58. The molecule has 0 saturated carbocycles. The first kappa shape index (κ1) is 15.1. The predicted molar refractivity (Wildman–Crippen MR) is 88.7 cm³/mol. The summed E-state index contributed by atoms with van der Waals surface area (Å²) in [4.78, 5) is 20.1. The number of hydrogen-bond acceptors (Lipinski definition) is 6. The van der Waals surface area contributed by atoms with Gasteiger partial charge in [0.15, 0.2) is 16.6 Å². The van der Waals surface area contributed by atoms with Gasteiger partial charge in [0.1, 0.15) is 11.5 Å². The van der Waals surface area contributed by atoms with E-state index < -0.39 is 0 Å². The largest absolute Gasteiger partial charge is 0.462 e. The number of rotatable bonds is 3. The quantitative estimate of drug-likeness (QED) is 0.730. The van der Waals surface area contributed by atoms with Crippen LogP contribution in [-0.2, 0) is 19.5 Å². The zero-order valence-corrected chi connectivity index (χ0v) is 14.3. The molecule has 0 bridgehead atoms. The molecule has 3 aromatic heterocycles. The molecule has 3 aromatic rings. The number of aryl methyl sites for hydroxylation is 2. The van der Waals surface area contributed by atoms with Crippen LogP contribution in [0.4, 0.5) is 0 Å². The Morgan fingerprint density at radius 2 is 2.25 bits per heavy atom. The van der Waals surface area contributed by atoms with E-state index in [9.17, 15) is 4.79 Å². The van der Waals surface area contributed by atoms with Crippen molar-refractivity contribution >= 4 is 17.2 Å². The molecular formula is C16H17N5O2S. The van der Waals surface area contributed by atoms with Crippen LogP contribution in [-0.4, -0.2) is 37.1 Å². The first-order chi connectivity index (χ1) is 11.7. The van der Waals surface area contributed by atoms with E-state index in [0.717, 1.165) is 34.5 Å². The van der Waals surface area contributed by atoms with Gasteiger partial charge in [-0.1, -0.05) is 6.92 Å². The zero-order chi connectivity index (χ0) is 16.7. The summed E-state index contributed by atoms with van der Waals surface area (Å²) in [7, 11) is 0. The number of amides is 1. The van der Waals surface area contributed by atoms with Crippen LogP contribution in [0.2, 0.25) is 0 Å². The molecule has 0 unspecified atom stereocenters. The maximum Gasteiger partial charge on any atom is 0.274 e. The minimum Gasteiger partial charge on any atom is -0.462 e. The maximum atomic E-state index is 12.9. The molecular weight excluding hydrogens is 326 g/mol. The number of hydrogen-bond donors (Lipinski definition) is 0. The molecule has 0 atom stereocenters. The first-order valence-corrected chi connectivity index (χ1v) is 8.70. The van der Waals surface area contributed by atoms with Crippen molar-refractivity contribution in [1.29, 1.82) is 0 Å². The Hall–Kier alpha value is -2.48. The second-order valence-electron chi connectivity index (χ2n) is 5.67. The van der Waals surface area contributed by atoms with Crippen molar-refractivity contribution < 1.29 is 9.21 Å². The molecule has 8 heteroatoms. The third kappa shape index (κ3) is 2.43. The van der Waals surface area contributed by atoms with Gasteiger partial charge in [-0.25, -0.2) is 4.98 Å². The number of carbonyl (C=O) groups is 1. The topological polar surface area (TPSA) is 77.1 Å². The normalized spacial score (nSPS) is 14.0. The number of fused-ring (bicyclic) bond motifs is 1. The van der Waals surface area contributed by atoms with Crippen molar-refractivity contribution in [1.82, 2.24) is 24.6 Å². The highest BCUT2D eigenvalue weighted by Gasteiger charge is 2.28. The van der Waals surface area contributed by atoms with Gasteiger partial charge in [0.2, 0.25) is 0 Å². The number of nitrogens with zero attached hydrogens (tertiary/aromatic N) is 5. The summed E-state index contributed by atoms with van der Waals surface area (Å²) in [6.07, 6.45) is 2.45. The fourth-order valence-electron chi connectivity index (χ4n) is 2.90. The van der Waals surface area contributed by atoms with Crippen LogP contribution >= 0.6 is 11.3 Å². The Morgan fingerprint density at radius 1 is 1.38 bits per heavy atom. The van der Waals surface area contributed by atoms with E-state index in [4.69, 9.17) is 4.42 Å². The Morgan fingerprint density at radius 3 is 3.00 bits per heavy atom. The summed E-state index contributed by atoms with van der Waals surface area (Å²) < 4.78 is 7.48. The Labute approximate surface area is 142 Å². The van der Waals surface area contributed by atoms with Gasteiger partial charge >= 0.3 is 0 Å². The molecule has 7 nitrogen and oxygen atoms in total. The SMILES string of the molecule is CCc1nnc2n1CCN(C(=O)c1nc(-c3ccco3)sc1C)C2. The monoisotopic (exact) mass is 343 g/mol. The molecule has 0 fully saturated rings. The fraction of sp³-hybridized carbons (Fsp3) is 0.375. The molecule has 0 radical (unpaired) electrons. The molecule has 0 N–H and O–H groups in total. The lowest BCUT2D eigenvalue weighted by Crippen LogP contribution is -2.39. The van der Waals surface area contributed by atoms with Crippen LogP contribution in [0.5, 0.6) is 0 Å². The standard InChI is InChI=1S/C16H17N5O2S/c1-3-12-18-19-13-9-20(6-7-21(12)13)16(22)14-10(2)24-15(17-14)11-5-4-8-23-11/h4-5,8H,3,6-7,9H2,1-2H3. The van der Waals surface area contributed by atoms with E-state index in [2.05, 4.69) is 26.7 Å². The summed E-state index contributed by atoms with van der Waals surface area (Å²) in [6.45, 7) is 5.82. The average Bonchev–Trinajstić information content (AvgIpc) is 3.32. The number of aromatic nitrogens is 4. The van der Waals surface area contributed by atoms with Gasteiger partial charge in [-0.05, 0) is 19.1 Å². The molecule has 4 rings (SSSR count).